The zero-order valence-electron chi connectivity index (χ0n) is 17.2. The minimum Gasteiger partial charge on any atom is -0.370 e. The van der Waals surface area contributed by atoms with E-state index >= 15 is 0 Å². The van der Waals surface area contributed by atoms with Gasteiger partial charge >= 0.3 is 6.18 Å². The van der Waals surface area contributed by atoms with Crippen molar-refractivity contribution in [1.82, 2.24) is 19.4 Å². The number of hydrogen-bond donors (Lipinski definition) is 1. The largest absolute Gasteiger partial charge is 0.431 e. The van der Waals surface area contributed by atoms with Gasteiger partial charge in [-0.25, -0.2) is 4.98 Å². The first-order valence-corrected chi connectivity index (χ1v) is 10.2. The van der Waals surface area contributed by atoms with Crippen molar-refractivity contribution in [3.63, 3.8) is 0 Å². The van der Waals surface area contributed by atoms with E-state index in [1.807, 2.05) is 14.0 Å². The molecule has 1 saturated heterocycles. The number of nitrogens with one attached hydrogen (secondary N) is 1. The number of pyridine rings is 1. The summed E-state index contributed by atoms with van der Waals surface area (Å²) in [5, 5.41) is 3.11. The van der Waals surface area contributed by atoms with Crippen LogP contribution in [0.25, 0.3) is 0 Å². The number of fused-ring (bicyclic) bond motifs is 2. The second kappa shape index (κ2) is 7.61. The van der Waals surface area contributed by atoms with Crippen molar-refractivity contribution in [3.05, 3.63) is 47.4 Å². The highest BCUT2D eigenvalue weighted by Crippen LogP contribution is 2.44. The second-order valence-electron chi connectivity index (χ2n) is 7.93. The Balaban J connectivity index is 0.00000272. The van der Waals surface area contributed by atoms with E-state index in [0.717, 1.165) is 0 Å². The van der Waals surface area contributed by atoms with Gasteiger partial charge in [-0.2, -0.15) is 13.2 Å². The SMILES string of the molecule is CCNc1ncccc1C(=O)N1CCC2(CC1)c1ccc(C(F)(F)F)n1CCN2C.[HH]. The van der Waals surface area contributed by atoms with Crippen LogP contribution in [0.3, 0.4) is 0 Å². The molecule has 0 aromatic carbocycles. The van der Waals surface area contributed by atoms with E-state index in [2.05, 4.69) is 15.2 Å². The van der Waals surface area contributed by atoms with E-state index in [0.29, 0.717) is 62.6 Å². The monoisotopic (exact) mass is 423 g/mol. The predicted octanol–water partition coefficient (Wildman–Crippen LogP) is 3.66. The van der Waals surface area contributed by atoms with Gasteiger partial charge in [0.1, 0.15) is 11.5 Å². The van der Waals surface area contributed by atoms with Gasteiger partial charge in [-0.3, -0.25) is 9.69 Å². The first kappa shape index (κ1) is 20.7. The average Bonchev–Trinajstić information content (AvgIpc) is 3.17. The summed E-state index contributed by atoms with van der Waals surface area (Å²) in [5.41, 5.74) is 0.146. The number of carbonyl (C=O) groups is 1. The number of rotatable bonds is 3. The summed E-state index contributed by atoms with van der Waals surface area (Å²) >= 11 is 0. The summed E-state index contributed by atoms with van der Waals surface area (Å²) in [5.74, 6) is 0.461. The Morgan fingerprint density at radius 3 is 2.60 bits per heavy atom. The van der Waals surface area contributed by atoms with Crippen molar-refractivity contribution < 1.29 is 19.4 Å². The topological polar surface area (TPSA) is 53.4 Å². The molecule has 0 atom stereocenters. The molecule has 0 radical (unpaired) electrons. The van der Waals surface area contributed by atoms with Gasteiger partial charge in [0, 0.05) is 46.0 Å². The molecule has 2 aliphatic rings. The zero-order chi connectivity index (χ0) is 21.5. The Bertz CT molecular complexity index is 937. The van der Waals surface area contributed by atoms with Crippen LogP contribution in [0.2, 0.25) is 0 Å². The summed E-state index contributed by atoms with van der Waals surface area (Å²) < 4.78 is 41.7. The summed E-state index contributed by atoms with van der Waals surface area (Å²) in [7, 11) is 1.96. The molecule has 1 fully saturated rings. The highest BCUT2D eigenvalue weighted by Gasteiger charge is 2.47. The molecule has 1 N–H and O–H groups in total. The quantitative estimate of drug-likeness (QED) is 0.819. The van der Waals surface area contributed by atoms with E-state index in [9.17, 15) is 18.0 Å². The van der Waals surface area contributed by atoms with Crippen molar-refractivity contribution in [2.24, 2.45) is 0 Å². The molecule has 9 heteroatoms. The number of likely N-dealkylation sites (tertiary alicyclic amines) is 1. The molecule has 1 spiro atoms. The van der Waals surface area contributed by atoms with Gasteiger partial charge < -0.3 is 14.8 Å². The molecule has 30 heavy (non-hydrogen) atoms. The molecule has 164 valence electrons. The highest BCUT2D eigenvalue weighted by atomic mass is 19.4. The molecular weight excluding hydrogens is 395 g/mol. The first-order chi connectivity index (χ1) is 14.3. The van der Waals surface area contributed by atoms with Gasteiger partial charge in [-0.05, 0) is 51.1 Å². The van der Waals surface area contributed by atoms with E-state index in [4.69, 9.17) is 0 Å². The number of piperidine rings is 1. The summed E-state index contributed by atoms with van der Waals surface area (Å²) in [6.07, 6.45) is -1.54. The Kier molecular flexibility index (Phi) is 5.25. The molecule has 6 nitrogen and oxygen atoms in total. The van der Waals surface area contributed by atoms with Crippen LogP contribution in [-0.2, 0) is 18.3 Å². The van der Waals surface area contributed by atoms with Crippen molar-refractivity contribution in [2.45, 2.75) is 38.0 Å². The van der Waals surface area contributed by atoms with Gasteiger partial charge in [-0.1, -0.05) is 0 Å². The molecule has 0 unspecified atom stereocenters. The molecule has 1 amide bonds. The van der Waals surface area contributed by atoms with Gasteiger partial charge in [0.2, 0.25) is 0 Å². The third-order valence-corrected chi connectivity index (χ3v) is 6.40. The van der Waals surface area contributed by atoms with Crippen LogP contribution in [0, 0.1) is 0 Å². The number of likely N-dealkylation sites (N-methyl/N-ethyl adjacent to an activating group) is 1. The van der Waals surface area contributed by atoms with Crippen molar-refractivity contribution >= 4 is 11.7 Å². The summed E-state index contributed by atoms with van der Waals surface area (Å²) in [4.78, 5) is 21.3. The maximum atomic E-state index is 13.4. The fourth-order valence-electron chi connectivity index (χ4n) is 4.80. The minimum absolute atomic E-state index is 0. The first-order valence-electron chi connectivity index (χ1n) is 10.2. The van der Waals surface area contributed by atoms with Crippen LogP contribution in [0.5, 0.6) is 0 Å². The van der Waals surface area contributed by atoms with E-state index in [1.165, 1.54) is 10.6 Å². The average molecular weight is 423 g/mol. The van der Waals surface area contributed by atoms with Crippen molar-refractivity contribution in [2.75, 3.05) is 38.5 Å². The van der Waals surface area contributed by atoms with E-state index < -0.39 is 17.4 Å². The lowest BCUT2D eigenvalue weighted by atomic mass is 9.81. The third-order valence-electron chi connectivity index (χ3n) is 6.40. The Hall–Kier alpha value is -2.55. The maximum absolute atomic E-state index is 13.4. The number of carbonyl (C=O) groups excluding carboxylic acids is 1. The number of nitrogens with zero attached hydrogens (tertiary/aromatic N) is 4. The highest BCUT2D eigenvalue weighted by molar-refractivity contribution is 5.98. The summed E-state index contributed by atoms with van der Waals surface area (Å²) in [6, 6.07) is 6.29. The number of halogens is 3. The number of aromatic nitrogens is 2. The van der Waals surface area contributed by atoms with Gasteiger partial charge in [0.05, 0.1) is 11.1 Å². The normalized spacial score (nSPS) is 19.0. The standard InChI is InChI=1S/C21H26F3N5O.H2/c1-3-25-18-15(5-4-10-26-18)19(30)28-11-8-20(9-12-28)16-6-7-17(21(22,23)24)29(16)14-13-27(20)2;/h4-7,10H,3,8-9,11-14H2,1-2H3,(H,25,26);1H. The lowest BCUT2D eigenvalue weighted by molar-refractivity contribution is -0.144. The van der Waals surface area contributed by atoms with E-state index in [-0.39, 0.29) is 7.33 Å². The fraction of sp³-hybridized carbons (Fsp3) is 0.524. The van der Waals surface area contributed by atoms with Crippen LogP contribution in [0.15, 0.2) is 30.5 Å². The molecule has 4 rings (SSSR count). The van der Waals surface area contributed by atoms with Crippen LogP contribution in [0.1, 0.15) is 42.9 Å². The second-order valence-corrected chi connectivity index (χ2v) is 7.93. The zero-order valence-corrected chi connectivity index (χ0v) is 17.2. The number of amides is 1. The minimum atomic E-state index is -4.37. The van der Waals surface area contributed by atoms with Crippen LogP contribution < -0.4 is 5.32 Å². The molecule has 2 aromatic heterocycles. The lowest BCUT2D eigenvalue weighted by Crippen LogP contribution is -2.56. The maximum Gasteiger partial charge on any atom is 0.431 e. The van der Waals surface area contributed by atoms with Crippen LogP contribution >= 0.6 is 0 Å². The molecule has 0 aliphatic carbocycles. The predicted molar refractivity (Wildman–Crippen MR) is 109 cm³/mol. The molecule has 0 saturated carbocycles. The number of alkyl halides is 3. The van der Waals surface area contributed by atoms with Gasteiger partial charge in [-0.15, -0.1) is 0 Å². The molecular formula is C21H28F3N5O. The Morgan fingerprint density at radius 1 is 1.20 bits per heavy atom. The molecule has 2 aromatic rings. The fourth-order valence-corrected chi connectivity index (χ4v) is 4.80. The van der Waals surface area contributed by atoms with Crippen molar-refractivity contribution in [1.29, 1.82) is 0 Å². The molecule has 0 bridgehead atoms. The van der Waals surface area contributed by atoms with Crippen LogP contribution in [-0.4, -0.2) is 58.5 Å². The smallest absolute Gasteiger partial charge is 0.370 e. The van der Waals surface area contributed by atoms with Gasteiger partial charge in [0.25, 0.3) is 5.91 Å². The Labute approximate surface area is 175 Å². The summed E-state index contributed by atoms with van der Waals surface area (Å²) in [6.45, 7) is 4.43. The molecule has 2 aliphatic heterocycles. The number of anilines is 1. The molecule has 4 heterocycles. The lowest BCUT2D eigenvalue weighted by Gasteiger charge is -2.50. The van der Waals surface area contributed by atoms with Crippen LogP contribution in [0.4, 0.5) is 19.0 Å². The number of hydrogen-bond acceptors (Lipinski definition) is 4. The Morgan fingerprint density at radius 2 is 1.93 bits per heavy atom. The third kappa shape index (κ3) is 3.34. The van der Waals surface area contributed by atoms with E-state index in [1.54, 1.807) is 29.3 Å². The van der Waals surface area contributed by atoms with Crippen molar-refractivity contribution in [3.8, 4) is 0 Å². The van der Waals surface area contributed by atoms with Gasteiger partial charge in [0.15, 0.2) is 0 Å².